The van der Waals surface area contributed by atoms with Crippen LogP contribution in [0, 0.1) is 0 Å². The third kappa shape index (κ3) is 7.25. The Labute approximate surface area is 169 Å². The van der Waals surface area contributed by atoms with Gasteiger partial charge in [-0.15, -0.1) is 0 Å². The van der Waals surface area contributed by atoms with Crippen LogP contribution in [0.3, 0.4) is 0 Å². The van der Waals surface area contributed by atoms with Crippen molar-refractivity contribution in [1.82, 2.24) is 0 Å². The summed E-state index contributed by atoms with van der Waals surface area (Å²) in [4.78, 5) is 0. The molecule has 1 aromatic carbocycles. The molecule has 0 aliphatic carbocycles. The molecule has 0 atom stereocenters. The third-order valence-electron chi connectivity index (χ3n) is 5.59. The van der Waals surface area contributed by atoms with Gasteiger partial charge in [-0.3, -0.25) is 0 Å². The van der Waals surface area contributed by atoms with E-state index in [2.05, 4.69) is 45.0 Å². The number of hydrogen-bond donors (Lipinski definition) is 0. The van der Waals surface area contributed by atoms with E-state index in [0.29, 0.717) is 0 Å². The summed E-state index contributed by atoms with van der Waals surface area (Å²) in [5, 5.41) is 1.04. The zero-order valence-corrected chi connectivity index (χ0v) is 20.4. The van der Waals surface area contributed by atoms with Gasteiger partial charge in [-0.25, -0.2) is 0 Å². The van der Waals surface area contributed by atoms with Gasteiger partial charge in [0, 0.05) is 33.8 Å². The smallest absolute Gasteiger partial charge is 0.373 e. The SMILES string of the molecule is CCCC[P+](CCCC)(CCCC)Cc1ccc([Si](OC)(OC)OC)cc1. The quantitative estimate of drug-likeness (QED) is 0.273. The third-order valence-corrected chi connectivity index (χ3v) is 13.1. The van der Waals surface area contributed by atoms with Gasteiger partial charge in [0.05, 0.1) is 24.6 Å². The van der Waals surface area contributed by atoms with Gasteiger partial charge in [0.15, 0.2) is 0 Å². The first kappa shape index (κ1) is 24.8. The van der Waals surface area contributed by atoms with Crippen molar-refractivity contribution in [1.29, 1.82) is 0 Å². The molecule has 1 aromatic rings. The Morgan fingerprint density at radius 3 is 1.44 bits per heavy atom. The second-order valence-corrected chi connectivity index (χ2v) is 14.9. The van der Waals surface area contributed by atoms with Crippen molar-refractivity contribution >= 4 is 21.3 Å². The predicted molar refractivity (Wildman–Crippen MR) is 123 cm³/mol. The first-order valence-corrected chi connectivity index (χ1v) is 14.9. The maximum Gasteiger partial charge on any atom is 0.536 e. The molecule has 0 bridgehead atoms. The summed E-state index contributed by atoms with van der Waals surface area (Å²) in [7, 11) is 1.36. The number of benzene rings is 1. The summed E-state index contributed by atoms with van der Waals surface area (Å²) in [5.74, 6) is 0. The van der Waals surface area contributed by atoms with Gasteiger partial charge in [0.25, 0.3) is 0 Å². The summed E-state index contributed by atoms with van der Waals surface area (Å²) < 4.78 is 16.9. The van der Waals surface area contributed by atoms with Crippen LogP contribution in [-0.4, -0.2) is 48.6 Å². The molecule has 0 aromatic heterocycles. The molecule has 0 saturated heterocycles. The van der Waals surface area contributed by atoms with E-state index in [-0.39, 0.29) is 0 Å². The average Bonchev–Trinajstić information content (AvgIpc) is 2.72. The molecule has 0 spiro atoms. The summed E-state index contributed by atoms with van der Waals surface area (Å²) in [5.41, 5.74) is 1.47. The molecule has 1 rings (SSSR count). The van der Waals surface area contributed by atoms with Crippen LogP contribution in [0.5, 0.6) is 0 Å². The standard InChI is InChI=1S/C22H42O3PSi/c1-7-10-17-26(18-11-8-2,19-12-9-3)20-21-13-15-22(16-14-21)27(23-4,24-5)25-6/h13-16H,7-12,17-20H2,1-6H3/q+1. The fourth-order valence-corrected chi connectivity index (χ4v) is 10.7. The average molecular weight is 414 g/mol. The predicted octanol–water partition coefficient (Wildman–Crippen LogP) is 5.69. The van der Waals surface area contributed by atoms with Gasteiger partial charge in [0.2, 0.25) is 0 Å². The summed E-state index contributed by atoms with van der Waals surface area (Å²) in [6.07, 6.45) is 13.7. The minimum Gasteiger partial charge on any atom is -0.373 e. The van der Waals surface area contributed by atoms with E-state index < -0.39 is 16.1 Å². The first-order valence-electron chi connectivity index (χ1n) is 10.6. The Kier molecular flexibility index (Phi) is 12.0. The van der Waals surface area contributed by atoms with Crippen molar-refractivity contribution in [3.8, 4) is 0 Å². The van der Waals surface area contributed by atoms with Crippen LogP contribution in [0.2, 0.25) is 0 Å². The maximum atomic E-state index is 5.62. The van der Waals surface area contributed by atoms with Gasteiger partial charge >= 0.3 is 8.80 Å². The Hall–Kier alpha value is -0.253. The molecule has 0 aliphatic rings. The molecule has 27 heavy (non-hydrogen) atoms. The zero-order chi connectivity index (χ0) is 20.2. The minimum atomic E-state index is -2.73. The monoisotopic (exact) mass is 413 g/mol. The summed E-state index contributed by atoms with van der Waals surface area (Å²) >= 11 is 0. The Morgan fingerprint density at radius 2 is 1.11 bits per heavy atom. The zero-order valence-electron chi connectivity index (χ0n) is 18.6. The van der Waals surface area contributed by atoms with E-state index in [1.54, 1.807) is 21.3 Å². The Balaban J connectivity index is 3.04. The molecule has 5 heteroatoms. The highest BCUT2D eigenvalue weighted by atomic mass is 31.2. The molecule has 0 N–H and O–H groups in total. The van der Waals surface area contributed by atoms with E-state index in [1.807, 2.05) is 0 Å². The van der Waals surface area contributed by atoms with E-state index in [9.17, 15) is 0 Å². The lowest BCUT2D eigenvalue weighted by molar-refractivity contribution is 0.140. The van der Waals surface area contributed by atoms with Gasteiger partial charge in [-0.1, -0.05) is 64.3 Å². The van der Waals surface area contributed by atoms with Crippen LogP contribution in [-0.2, 0) is 19.4 Å². The van der Waals surface area contributed by atoms with Crippen LogP contribution in [0.4, 0.5) is 0 Å². The van der Waals surface area contributed by atoms with Crippen molar-refractivity contribution in [2.45, 2.75) is 65.5 Å². The highest BCUT2D eigenvalue weighted by Gasteiger charge is 2.41. The highest BCUT2D eigenvalue weighted by Crippen LogP contribution is 2.63. The van der Waals surface area contributed by atoms with E-state index in [1.165, 1.54) is 68.7 Å². The van der Waals surface area contributed by atoms with Gasteiger partial charge in [0.1, 0.15) is 0 Å². The largest absolute Gasteiger partial charge is 0.536 e. The fraction of sp³-hybridized carbons (Fsp3) is 0.727. The molecular weight excluding hydrogens is 371 g/mol. The lowest BCUT2D eigenvalue weighted by atomic mass is 10.2. The lowest BCUT2D eigenvalue weighted by Gasteiger charge is -2.29. The Bertz CT molecular complexity index is 473. The topological polar surface area (TPSA) is 27.7 Å². The van der Waals surface area contributed by atoms with Crippen molar-refractivity contribution in [3.05, 3.63) is 29.8 Å². The molecule has 156 valence electrons. The van der Waals surface area contributed by atoms with Gasteiger partial charge in [-0.05, 0) is 24.8 Å². The fourth-order valence-electron chi connectivity index (χ4n) is 3.86. The van der Waals surface area contributed by atoms with Crippen LogP contribution in [0.25, 0.3) is 0 Å². The summed E-state index contributed by atoms with van der Waals surface area (Å²) in [6, 6.07) is 8.89. The molecule has 0 unspecified atom stereocenters. The number of unbranched alkanes of at least 4 members (excludes halogenated alkanes) is 3. The number of rotatable bonds is 15. The molecule has 3 nitrogen and oxygen atoms in total. The first-order chi connectivity index (χ1) is 13.0. The van der Waals surface area contributed by atoms with E-state index in [0.717, 1.165) is 5.19 Å². The highest BCUT2D eigenvalue weighted by molar-refractivity contribution is 7.75. The molecule has 0 fully saturated rings. The minimum absolute atomic E-state index is 0.927. The molecule has 0 heterocycles. The van der Waals surface area contributed by atoms with Crippen LogP contribution < -0.4 is 5.19 Å². The second kappa shape index (κ2) is 13.1. The summed E-state index contributed by atoms with van der Waals surface area (Å²) in [6.45, 7) is 6.98. The van der Waals surface area contributed by atoms with Crippen molar-refractivity contribution < 1.29 is 13.3 Å². The maximum absolute atomic E-state index is 5.62. The van der Waals surface area contributed by atoms with Crippen molar-refractivity contribution in [3.63, 3.8) is 0 Å². The number of hydrogen-bond acceptors (Lipinski definition) is 3. The molecule has 0 radical (unpaired) electrons. The van der Waals surface area contributed by atoms with Gasteiger partial charge < -0.3 is 13.3 Å². The van der Waals surface area contributed by atoms with Crippen LogP contribution >= 0.6 is 7.26 Å². The molecule has 0 amide bonds. The van der Waals surface area contributed by atoms with E-state index >= 15 is 0 Å². The molecular formula is C22H42O3PSi+. The normalized spacial score (nSPS) is 12.5. The molecule has 0 saturated carbocycles. The van der Waals surface area contributed by atoms with Crippen molar-refractivity contribution in [2.24, 2.45) is 0 Å². The van der Waals surface area contributed by atoms with Crippen molar-refractivity contribution in [2.75, 3.05) is 39.8 Å². The lowest BCUT2D eigenvalue weighted by Crippen LogP contribution is -2.54. The van der Waals surface area contributed by atoms with Gasteiger partial charge in [-0.2, -0.15) is 0 Å². The Morgan fingerprint density at radius 1 is 0.704 bits per heavy atom. The molecule has 0 aliphatic heterocycles. The second-order valence-electron chi connectivity index (χ2n) is 7.60. The van der Waals surface area contributed by atoms with E-state index in [4.69, 9.17) is 13.3 Å². The van der Waals surface area contributed by atoms with Crippen LogP contribution in [0.15, 0.2) is 24.3 Å². The van der Waals surface area contributed by atoms with Crippen LogP contribution in [0.1, 0.15) is 64.9 Å².